The maximum atomic E-state index is 13.8. The zero-order valence-corrected chi connectivity index (χ0v) is 16.9. The van der Waals surface area contributed by atoms with Crippen molar-refractivity contribution in [1.29, 1.82) is 0 Å². The number of pyridine rings is 1. The van der Waals surface area contributed by atoms with Gasteiger partial charge >= 0.3 is 18.9 Å². The van der Waals surface area contributed by atoms with Gasteiger partial charge in [-0.3, -0.25) is 9.20 Å². The van der Waals surface area contributed by atoms with Gasteiger partial charge in [-0.2, -0.15) is 26.9 Å². The molecule has 2 aromatic carbocycles. The Bertz CT molecular complexity index is 1380. The maximum absolute atomic E-state index is 13.8. The van der Waals surface area contributed by atoms with Crippen molar-refractivity contribution in [2.24, 2.45) is 4.99 Å². The molecular weight excluding hydrogens is 464 g/mol. The molecule has 0 spiro atoms. The molecule has 4 aromatic rings. The molecule has 4 rings (SSSR count). The SMILES string of the molecule is O=C(c1ccccc1)c1ccc2nc(N=C(F)OC(F)F)c(-c3ccccc3C(F)(F)F)n2c1. The number of hydrogen-bond donors (Lipinski definition) is 0. The van der Waals surface area contributed by atoms with Gasteiger partial charge in [-0.1, -0.05) is 48.5 Å². The summed E-state index contributed by atoms with van der Waals surface area (Å²) in [6.07, 6.45) is -5.56. The number of carbonyl (C=O) groups is 1. The molecule has 0 bridgehead atoms. The van der Waals surface area contributed by atoms with E-state index in [2.05, 4.69) is 14.7 Å². The van der Waals surface area contributed by atoms with E-state index in [1.54, 1.807) is 30.3 Å². The number of nitrogens with zero attached hydrogens (tertiary/aromatic N) is 3. The summed E-state index contributed by atoms with van der Waals surface area (Å²) in [6.45, 7) is -3.54. The zero-order chi connectivity index (χ0) is 24.5. The van der Waals surface area contributed by atoms with Crippen LogP contribution in [-0.2, 0) is 10.9 Å². The van der Waals surface area contributed by atoms with Gasteiger partial charge in [0.25, 0.3) is 0 Å². The molecule has 2 heterocycles. The third-order valence-corrected chi connectivity index (χ3v) is 4.77. The Labute approximate surface area is 188 Å². The zero-order valence-electron chi connectivity index (χ0n) is 16.9. The number of carbonyl (C=O) groups excluding carboxylic acids is 1. The number of imidazole rings is 1. The Balaban J connectivity index is 1.97. The molecule has 0 amide bonds. The molecule has 5 nitrogen and oxygen atoms in total. The molecule has 0 N–H and O–H groups in total. The highest BCUT2D eigenvalue weighted by Gasteiger charge is 2.35. The molecule has 0 saturated carbocycles. The number of ether oxygens (including phenoxy) is 1. The average molecular weight is 477 g/mol. The van der Waals surface area contributed by atoms with Gasteiger partial charge in [0.1, 0.15) is 11.3 Å². The highest BCUT2D eigenvalue weighted by Crippen LogP contribution is 2.41. The van der Waals surface area contributed by atoms with Gasteiger partial charge in [-0.25, -0.2) is 4.98 Å². The molecule has 0 radical (unpaired) electrons. The second-order valence-corrected chi connectivity index (χ2v) is 6.91. The van der Waals surface area contributed by atoms with Crippen molar-refractivity contribution in [2.45, 2.75) is 12.8 Å². The first-order valence-corrected chi connectivity index (χ1v) is 9.62. The lowest BCUT2D eigenvalue weighted by Crippen LogP contribution is -2.08. The van der Waals surface area contributed by atoms with Gasteiger partial charge in [0.05, 0.1) is 5.56 Å². The summed E-state index contributed by atoms with van der Waals surface area (Å²) < 4.78 is 84.5. The van der Waals surface area contributed by atoms with E-state index < -0.39 is 41.7 Å². The molecule has 11 heteroatoms. The van der Waals surface area contributed by atoms with Gasteiger partial charge in [-0.05, 0) is 18.2 Å². The predicted molar refractivity (Wildman–Crippen MR) is 111 cm³/mol. The van der Waals surface area contributed by atoms with Crippen molar-refractivity contribution < 1.29 is 35.9 Å². The third kappa shape index (κ3) is 4.63. The number of aliphatic imine (C=N–C) groups is 1. The second-order valence-electron chi connectivity index (χ2n) is 6.91. The number of aromatic nitrogens is 2. The summed E-state index contributed by atoms with van der Waals surface area (Å²) in [5, 5.41) is 0. The van der Waals surface area contributed by atoms with Crippen LogP contribution in [0.3, 0.4) is 0 Å². The van der Waals surface area contributed by atoms with Crippen LogP contribution in [0.5, 0.6) is 0 Å². The molecule has 34 heavy (non-hydrogen) atoms. The molecule has 2 aromatic heterocycles. The second kappa shape index (κ2) is 9.00. The molecular formula is C23H13F6N3O2. The molecule has 0 aliphatic heterocycles. The summed E-state index contributed by atoms with van der Waals surface area (Å²) in [7, 11) is 0. The molecule has 174 valence electrons. The van der Waals surface area contributed by atoms with Gasteiger partial charge < -0.3 is 4.74 Å². The van der Waals surface area contributed by atoms with E-state index in [0.717, 1.165) is 22.6 Å². The van der Waals surface area contributed by atoms with E-state index in [0.29, 0.717) is 5.56 Å². The van der Waals surface area contributed by atoms with Crippen LogP contribution in [0.4, 0.5) is 32.2 Å². The van der Waals surface area contributed by atoms with Crippen molar-refractivity contribution in [3.63, 3.8) is 0 Å². The van der Waals surface area contributed by atoms with Crippen LogP contribution < -0.4 is 0 Å². The summed E-state index contributed by atoms with van der Waals surface area (Å²) in [6, 6.07) is 15.2. The fourth-order valence-electron chi connectivity index (χ4n) is 3.37. The summed E-state index contributed by atoms with van der Waals surface area (Å²) in [5.74, 6) is -1.07. The molecule has 0 atom stereocenters. The highest BCUT2D eigenvalue weighted by atomic mass is 19.4. The first-order chi connectivity index (χ1) is 16.1. The van der Waals surface area contributed by atoms with Gasteiger partial charge in [0.15, 0.2) is 11.6 Å². The Hall–Kier alpha value is -4.15. The van der Waals surface area contributed by atoms with E-state index in [9.17, 15) is 31.1 Å². The molecule has 0 aliphatic rings. The number of rotatable bonds is 5. The van der Waals surface area contributed by atoms with E-state index >= 15 is 0 Å². The maximum Gasteiger partial charge on any atom is 0.417 e. The van der Waals surface area contributed by atoms with Crippen LogP contribution in [0.15, 0.2) is 77.9 Å². The number of ketones is 1. The smallest absolute Gasteiger partial charge is 0.393 e. The normalized spacial score (nSPS) is 12.4. The standard InChI is InChI=1S/C23H13F6N3O2/c24-21(25)34-22(26)31-20-18(15-8-4-5-9-16(15)23(27,28)29)32-12-14(10-11-17(32)30-20)19(33)13-6-2-1-3-7-13/h1-12,21H. The van der Waals surface area contributed by atoms with Crippen LogP contribution in [0, 0.1) is 0 Å². The number of alkyl halides is 5. The Morgan fingerprint density at radius 3 is 2.29 bits per heavy atom. The van der Waals surface area contributed by atoms with Crippen LogP contribution in [0.1, 0.15) is 21.5 Å². The van der Waals surface area contributed by atoms with Crippen LogP contribution >= 0.6 is 0 Å². The van der Waals surface area contributed by atoms with Crippen LogP contribution in [0.25, 0.3) is 16.9 Å². The number of fused-ring (bicyclic) bond motifs is 1. The van der Waals surface area contributed by atoms with Gasteiger partial charge in [-0.15, -0.1) is 4.39 Å². The first kappa shape index (κ1) is 23.0. The Morgan fingerprint density at radius 2 is 1.62 bits per heavy atom. The summed E-state index contributed by atoms with van der Waals surface area (Å²) in [4.78, 5) is 20.1. The lowest BCUT2D eigenvalue weighted by Gasteiger charge is -2.13. The van der Waals surface area contributed by atoms with Crippen molar-refractivity contribution in [3.05, 3.63) is 89.6 Å². The fourth-order valence-corrected chi connectivity index (χ4v) is 3.37. The van der Waals surface area contributed by atoms with Crippen LogP contribution in [-0.4, -0.2) is 27.9 Å². The summed E-state index contributed by atoms with van der Waals surface area (Å²) >= 11 is 0. The highest BCUT2D eigenvalue weighted by molar-refractivity contribution is 6.09. The molecule has 0 aliphatic carbocycles. The van der Waals surface area contributed by atoms with E-state index in [1.807, 2.05) is 0 Å². The topological polar surface area (TPSA) is 56.0 Å². The van der Waals surface area contributed by atoms with E-state index in [1.165, 1.54) is 24.4 Å². The van der Waals surface area contributed by atoms with E-state index in [-0.39, 0.29) is 16.9 Å². The van der Waals surface area contributed by atoms with Gasteiger partial charge in [0.2, 0.25) is 0 Å². The van der Waals surface area contributed by atoms with Crippen molar-refractivity contribution >= 4 is 23.4 Å². The van der Waals surface area contributed by atoms with Crippen molar-refractivity contribution in [3.8, 4) is 11.3 Å². The fraction of sp³-hybridized carbons (Fsp3) is 0.0870. The minimum atomic E-state index is -4.81. The number of hydrogen-bond acceptors (Lipinski definition) is 4. The lowest BCUT2D eigenvalue weighted by molar-refractivity contribution is -0.137. The van der Waals surface area contributed by atoms with Gasteiger partial charge in [0, 0.05) is 22.9 Å². The Kier molecular flexibility index (Phi) is 6.10. The molecule has 0 saturated heterocycles. The molecule has 0 unspecified atom stereocenters. The summed E-state index contributed by atoms with van der Waals surface area (Å²) in [5.41, 5.74) is -1.48. The first-order valence-electron chi connectivity index (χ1n) is 9.62. The average Bonchev–Trinajstić information content (AvgIpc) is 3.14. The Morgan fingerprint density at radius 1 is 0.941 bits per heavy atom. The minimum absolute atomic E-state index is 0.000172. The quantitative estimate of drug-likeness (QED) is 0.144. The number of halogens is 6. The third-order valence-electron chi connectivity index (χ3n) is 4.77. The predicted octanol–water partition coefficient (Wildman–Crippen LogP) is 6.45. The number of benzene rings is 2. The van der Waals surface area contributed by atoms with Crippen molar-refractivity contribution in [1.82, 2.24) is 9.38 Å². The minimum Gasteiger partial charge on any atom is -0.393 e. The van der Waals surface area contributed by atoms with Crippen LogP contribution in [0.2, 0.25) is 0 Å². The molecule has 0 fully saturated rings. The lowest BCUT2D eigenvalue weighted by atomic mass is 10.0. The van der Waals surface area contributed by atoms with E-state index in [4.69, 9.17) is 0 Å². The van der Waals surface area contributed by atoms with Crippen molar-refractivity contribution in [2.75, 3.05) is 0 Å². The monoisotopic (exact) mass is 477 g/mol. The largest absolute Gasteiger partial charge is 0.417 e.